The van der Waals surface area contributed by atoms with Gasteiger partial charge < -0.3 is 9.84 Å². The maximum Gasteiger partial charge on any atom is 0.433 e. The first-order valence-corrected chi connectivity index (χ1v) is 4.82. The Morgan fingerprint density at radius 1 is 1.06 bits per heavy atom. The molecular weight excluding hydrogens is 249 g/mol. The summed E-state index contributed by atoms with van der Waals surface area (Å²) in [5, 5.41) is 9.04. The number of phenols is 1. The van der Waals surface area contributed by atoms with Gasteiger partial charge in [-0.2, -0.15) is 18.2 Å². The summed E-state index contributed by atoms with van der Waals surface area (Å²) in [5.41, 5.74) is -1.08. The van der Waals surface area contributed by atoms with E-state index >= 15 is 0 Å². The summed E-state index contributed by atoms with van der Waals surface area (Å²) in [5.74, 6) is 0.249. The van der Waals surface area contributed by atoms with Gasteiger partial charge in [0.05, 0.1) is 0 Å². The van der Waals surface area contributed by atoms with Crippen molar-refractivity contribution in [3.8, 4) is 17.5 Å². The number of hydrogen-bond acceptors (Lipinski definition) is 4. The minimum absolute atomic E-state index is 0.0207. The molecule has 0 aliphatic heterocycles. The highest BCUT2D eigenvalue weighted by atomic mass is 19.4. The zero-order valence-corrected chi connectivity index (χ0v) is 8.85. The lowest BCUT2D eigenvalue weighted by Gasteiger charge is -2.07. The van der Waals surface area contributed by atoms with Crippen molar-refractivity contribution in [2.75, 3.05) is 0 Å². The molecule has 94 valence electrons. The van der Waals surface area contributed by atoms with Crippen LogP contribution in [-0.4, -0.2) is 15.1 Å². The van der Waals surface area contributed by atoms with Crippen LogP contribution < -0.4 is 4.74 Å². The van der Waals surface area contributed by atoms with Gasteiger partial charge in [0.2, 0.25) is 0 Å². The van der Waals surface area contributed by atoms with Crippen molar-refractivity contribution in [3.05, 3.63) is 42.2 Å². The van der Waals surface area contributed by atoms with E-state index in [9.17, 15) is 13.2 Å². The third-order valence-electron chi connectivity index (χ3n) is 1.97. The number of alkyl halides is 3. The number of aromatic nitrogens is 2. The Balaban J connectivity index is 2.22. The molecule has 0 aliphatic rings. The largest absolute Gasteiger partial charge is 0.508 e. The van der Waals surface area contributed by atoms with Gasteiger partial charge in [-0.1, -0.05) is 0 Å². The van der Waals surface area contributed by atoms with Crippen LogP contribution in [0.4, 0.5) is 13.2 Å². The number of nitrogens with zero attached hydrogens (tertiary/aromatic N) is 2. The molecule has 0 bridgehead atoms. The molecule has 0 radical (unpaired) electrons. The molecule has 0 aliphatic carbocycles. The second-order valence-corrected chi connectivity index (χ2v) is 3.32. The van der Waals surface area contributed by atoms with Crippen LogP contribution in [0.1, 0.15) is 5.69 Å². The average molecular weight is 256 g/mol. The number of halogens is 3. The van der Waals surface area contributed by atoms with Crippen LogP contribution in [0.2, 0.25) is 0 Å². The maximum absolute atomic E-state index is 12.4. The van der Waals surface area contributed by atoms with E-state index < -0.39 is 17.9 Å². The van der Waals surface area contributed by atoms with Crippen molar-refractivity contribution in [1.29, 1.82) is 0 Å². The smallest absolute Gasteiger partial charge is 0.433 e. The van der Waals surface area contributed by atoms with Crippen LogP contribution in [0.15, 0.2) is 36.5 Å². The Morgan fingerprint density at radius 3 is 2.33 bits per heavy atom. The predicted octanol–water partition coefficient (Wildman–Crippen LogP) is 2.99. The molecule has 1 N–H and O–H groups in total. The van der Waals surface area contributed by atoms with Gasteiger partial charge in [0.1, 0.15) is 11.5 Å². The standard InChI is InChI=1S/C11H7F3N2O2/c12-11(13,14)9-5-6-15-10(16-9)18-8-3-1-7(17)2-4-8/h1-6,17H. The quantitative estimate of drug-likeness (QED) is 0.897. The molecule has 7 heteroatoms. The minimum atomic E-state index is -4.55. The maximum atomic E-state index is 12.4. The number of hydrogen-bond donors (Lipinski definition) is 1. The van der Waals surface area contributed by atoms with Gasteiger partial charge in [0, 0.05) is 6.20 Å². The molecule has 0 fully saturated rings. The molecule has 1 aromatic heterocycles. The number of ether oxygens (including phenoxy) is 1. The molecule has 18 heavy (non-hydrogen) atoms. The Hall–Kier alpha value is -2.31. The third kappa shape index (κ3) is 2.88. The zero-order valence-electron chi connectivity index (χ0n) is 8.85. The lowest BCUT2D eigenvalue weighted by Crippen LogP contribution is -2.08. The molecule has 0 amide bonds. The Kier molecular flexibility index (Phi) is 3.05. The minimum Gasteiger partial charge on any atom is -0.508 e. The van der Waals surface area contributed by atoms with Crippen LogP contribution in [0.25, 0.3) is 0 Å². The van der Waals surface area contributed by atoms with Gasteiger partial charge in [-0.15, -0.1) is 0 Å². The summed E-state index contributed by atoms with van der Waals surface area (Å²) >= 11 is 0. The van der Waals surface area contributed by atoms with Gasteiger partial charge in [-0.05, 0) is 30.3 Å². The van der Waals surface area contributed by atoms with Crippen molar-refractivity contribution in [3.63, 3.8) is 0 Å². The first-order chi connectivity index (χ1) is 8.45. The second-order valence-electron chi connectivity index (χ2n) is 3.32. The van der Waals surface area contributed by atoms with E-state index in [1.807, 2.05) is 0 Å². The first-order valence-electron chi connectivity index (χ1n) is 4.82. The van der Waals surface area contributed by atoms with E-state index in [0.717, 1.165) is 12.3 Å². The average Bonchev–Trinajstić information content (AvgIpc) is 2.31. The van der Waals surface area contributed by atoms with Crippen LogP contribution in [0.5, 0.6) is 17.5 Å². The fourth-order valence-electron chi connectivity index (χ4n) is 1.17. The normalized spacial score (nSPS) is 11.3. The fourth-order valence-corrected chi connectivity index (χ4v) is 1.17. The Labute approximate surface area is 99.7 Å². The molecule has 0 atom stereocenters. The summed E-state index contributed by atoms with van der Waals surface area (Å²) in [7, 11) is 0. The lowest BCUT2D eigenvalue weighted by atomic mass is 10.3. The van der Waals surface area contributed by atoms with E-state index in [4.69, 9.17) is 9.84 Å². The number of rotatable bonds is 2. The van der Waals surface area contributed by atoms with Crippen LogP contribution in [0, 0.1) is 0 Å². The van der Waals surface area contributed by atoms with Crippen molar-refractivity contribution in [1.82, 2.24) is 9.97 Å². The van der Waals surface area contributed by atoms with Gasteiger partial charge in [0.15, 0.2) is 5.69 Å². The van der Waals surface area contributed by atoms with Crippen molar-refractivity contribution < 1.29 is 23.0 Å². The SMILES string of the molecule is Oc1ccc(Oc2nccc(C(F)(F)F)n2)cc1. The lowest BCUT2D eigenvalue weighted by molar-refractivity contribution is -0.141. The molecule has 0 spiro atoms. The van der Waals surface area contributed by atoms with Gasteiger partial charge in [0.25, 0.3) is 0 Å². The fraction of sp³-hybridized carbons (Fsp3) is 0.0909. The molecule has 4 nitrogen and oxygen atoms in total. The van der Waals surface area contributed by atoms with E-state index in [2.05, 4.69) is 9.97 Å². The Bertz CT molecular complexity index is 541. The van der Waals surface area contributed by atoms with E-state index in [1.54, 1.807) is 0 Å². The van der Waals surface area contributed by atoms with E-state index in [1.165, 1.54) is 24.3 Å². The second kappa shape index (κ2) is 4.52. The van der Waals surface area contributed by atoms with E-state index in [0.29, 0.717) is 0 Å². The molecular formula is C11H7F3N2O2. The zero-order chi connectivity index (χ0) is 13.2. The highest BCUT2D eigenvalue weighted by Gasteiger charge is 2.33. The monoisotopic (exact) mass is 256 g/mol. The summed E-state index contributed by atoms with van der Waals surface area (Å²) in [4.78, 5) is 6.82. The highest BCUT2D eigenvalue weighted by Crippen LogP contribution is 2.29. The number of aromatic hydroxyl groups is 1. The molecule has 2 rings (SSSR count). The van der Waals surface area contributed by atoms with Crippen molar-refractivity contribution in [2.24, 2.45) is 0 Å². The molecule has 0 saturated carbocycles. The van der Waals surface area contributed by atoms with Crippen molar-refractivity contribution in [2.45, 2.75) is 6.18 Å². The Morgan fingerprint density at radius 2 is 1.72 bits per heavy atom. The number of phenolic OH excluding ortho intramolecular Hbond substituents is 1. The highest BCUT2D eigenvalue weighted by molar-refractivity contribution is 5.31. The van der Waals surface area contributed by atoms with Crippen molar-refractivity contribution >= 4 is 0 Å². The van der Waals surface area contributed by atoms with E-state index in [-0.39, 0.29) is 11.5 Å². The van der Waals surface area contributed by atoms with Gasteiger partial charge in [-0.25, -0.2) is 4.98 Å². The predicted molar refractivity (Wildman–Crippen MR) is 55.2 cm³/mol. The summed E-state index contributed by atoms with van der Waals surface area (Å²) in [6.45, 7) is 0. The number of benzene rings is 1. The van der Waals surface area contributed by atoms with Gasteiger partial charge in [-0.3, -0.25) is 0 Å². The summed E-state index contributed by atoms with van der Waals surface area (Å²) in [6.07, 6.45) is -3.58. The molecule has 2 aromatic rings. The summed E-state index contributed by atoms with van der Waals surface area (Å²) < 4.78 is 42.2. The molecule has 1 heterocycles. The van der Waals surface area contributed by atoms with Gasteiger partial charge >= 0.3 is 12.2 Å². The third-order valence-corrected chi connectivity index (χ3v) is 1.97. The molecule has 1 aromatic carbocycles. The first kappa shape index (κ1) is 12.2. The van der Waals surface area contributed by atoms with Crippen LogP contribution in [0.3, 0.4) is 0 Å². The van der Waals surface area contributed by atoms with Crippen LogP contribution in [-0.2, 0) is 6.18 Å². The summed E-state index contributed by atoms with van der Waals surface area (Å²) in [6, 6.07) is 5.79. The molecule has 0 saturated heterocycles. The molecule has 0 unspecified atom stereocenters. The van der Waals surface area contributed by atoms with Crippen LogP contribution >= 0.6 is 0 Å². The topological polar surface area (TPSA) is 55.2 Å².